The average Bonchev–Trinajstić information content (AvgIpc) is 2.96. The van der Waals surface area contributed by atoms with E-state index < -0.39 is 11.6 Å². The van der Waals surface area contributed by atoms with E-state index in [0.29, 0.717) is 11.3 Å². The van der Waals surface area contributed by atoms with E-state index in [0.717, 1.165) is 30.3 Å². The first-order valence-electron chi connectivity index (χ1n) is 6.67. The van der Waals surface area contributed by atoms with Crippen LogP contribution in [0.5, 0.6) is 0 Å². The van der Waals surface area contributed by atoms with Crippen LogP contribution in [0, 0.1) is 11.6 Å². The van der Waals surface area contributed by atoms with Gasteiger partial charge in [0, 0.05) is 29.7 Å². The van der Waals surface area contributed by atoms with Crippen LogP contribution in [-0.4, -0.2) is 12.0 Å². The maximum absolute atomic E-state index is 13.9. The predicted octanol–water partition coefficient (Wildman–Crippen LogP) is 4.21. The third kappa shape index (κ3) is 2.05. The van der Waals surface area contributed by atoms with Crippen molar-refractivity contribution in [3.63, 3.8) is 0 Å². The molecular weight excluding hydrogens is 246 g/mol. The highest BCUT2D eigenvalue weighted by Gasteiger charge is 2.21. The molecule has 1 aromatic carbocycles. The molecule has 1 aliphatic carbocycles. The molecule has 19 heavy (non-hydrogen) atoms. The predicted molar refractivity (Wildman–Crippen MR) is 72.4 cm³/mol. The van der Waals surface area contributed by atoms with Gasteiger partial charge in [0.05, 0.1) is 0 Å². The third-order valence-corrected chi connectivity index (χ3v) is 3.94. The molecule has 1 saturated carbocycles. The number of anilines is 1. The van der Waals surface area contributed by atoms with Crippen LogP contribution >= 0.6 is 0 Å². The van der Waals surface area contributed by atoms with Crippen molar-refractivity contribution in [2.75, 3.05) is 12.4 Å². The van der Waals surface area contributed by atoms with E-state index in [2.05, 4.69) is 10.3 Å². The molecular formula is C15H16F2N2. The summed E-state index contributed by atoms with van der Waals surface area (Å²) in [7, 11) is 1.79. The minimum atomic E-state index is -0.853. The molecule has 0 aliphatic heterocycles. The van der Waals surface area contributed by atoms with E-state index >= 15 is 0 Å². The van der Waals surface area contributed by atoms with Crippen LogP contribution in [0.25, 0.3) is 10.9 Å². The summed E-state index contributed by atoms with van der Waals surface area (Å²) in [6.07, 6.45) is 4.53. The second kappa shape index (κ2) is 4.76. The Labute approximate surface area is 110 Å². The number of hydrogen-bond acceptors (Lipinski definition) is 2. The largest absolute Gasteiger partial charge is 0.388 e. The molecule has 4 heteroatoms. The molecule has 0 bridgehead atoms. The van der Waals surface area contributed by atoms with Gasteiger partial charge in [0.25, 0.3) is 0 Å². The number of nitrogens with one attached hydrogen (secondary N) is 1. The molecule has 1 N–H and O–H groups in total. The number of aromatic nitrogens is 1. The van der Waals surface area contributed by atoms with Gasteiger partial charge in [-0.15, -0.1) is 0 Å². The summed E-state index contributed by atoms with van der Waals surface area (Å²) < 4.78 is 27.3. The normalized spacial score (nSPS) is 16.2. The summed E-state index contributed by atoms with van der Waals surface area (Å²) in [5.41, 5.74) is 1.82. The van der Waals surface area contributed by atoms with Crippen LogP contribution in [0.1, 0.15) is 37.3 Å². The quantitative estimate of drug-likeness (QED) is 0.876. The molecule has 2 aromatic rings. The number of nitrogens with zero attached hydrogens (tertiary/aromatic N) is 1. The van der Waals surface area contributed by atoms with E-state index in [1.165, 1.54) is 12.8 Å². The van der Waals surface area contributed by atoms with Crippen molar-refractivity contribution in [2.45, 2.75) is 31.6 Å². The van der Waals surface area contributed by atoms with Gasteiger partial charge in [0.2, 0.25) is 0 Å². The number of halogens is 2. The number of pyridine rings is 1. The highest BCUT2D eigenvalue weighted by molar-refractivity contribution is 5.91. The zero-order valence-electron chi connectivity index (χ0n) is 10.8. The zero-order valence-corrected chi connectivity index (χ0v) is 10.8. The molecule has 0 spiro atoms. The number of benzene rings is 1. The summed E-state index contributed by atoms with van der Waals surface area (Å²) in [5, 5.41) is 3.68. The summed E-state index contributed by atoms with van der Waals surface area (Å²) in [6, 6.07) is 4.69. The standard InChI is InChI=1S/C15H16F2N2/c1-18-13-8-12(9-4-2-3-5-9)19-15-10(13)6-7-11(16)14(15)17/h6-9H,2-5H2,1H3,(H,18,19). The lowest BCUT2D eigenvalue weighted by Gasteiger charge is -2.13. The van der Waals surface area contributed by atoms with E-state index in [9.17, 15) is 8.78 Å². The van der Waals surface area contributed by atoms with E-state index in [1.54, 1.807) is 13.1 Å². The molecule has 0 radical (unpaired) electrons. The van der Waals surface area contributed by atoms with Gasteiger partial charge in [-0.3, -0.25) is 0 Å². The Bertz CT molecular complexity index is 619. The van der Waals surface area contributed by atoms with E-state index in [-0.39, 0.29) is 5.52 Å². The summed E-state index contributed by atoms with van der Waals surface area (Å²) in [5.74, 6) is -1.32. The summed E-state index contributed by atoms with van der Waals surface area (Å²) in [4.78, 5) is 4.37. The van der Waals surface area contributed by atoms with Gasteiger partial charge in [-0.2, -0.15) is 0 Å². The molecule has 1 aromatic heterocycles. The van der Waals surface area contributed by atoms with Gasteiger partial charge in [-0.25, -0.2) is 13.8 Å². The SMILES string of the molecule is CNc1cc(C2CCCC2)nc2c(F)c(F)ccc12. The molecule has 0 amide bonds. The fraction of sp³-hybridized carbons (Fsp3) is 0.400. The van der Waals surface area contributed by atoms with Crippen LogP contribution < -0.4 is 5.32 Å². The number of hydrogen-bond donors (Lipinski definition) is 1. The monoisotopic (exact) mass is 262 g/mol. The minimum absolute atomic E-state index is 0.133. The van der Waals surface area contributed by atoms with Crippen LogP contribution in [0.15, 0.2) is 18.2 Å². The van der Waals surface area contributed by atoms with Crippen molar-refractivity contribution < 1.29 is 8.78 Å². The molecule has 0 unspecified atom stereocenters. The zero-order chi connectivity index (χ0) is 13.4. The van der Waals surface area contributed by atoms with E-state index in [1.807, 2.05) is 6.07 Å². The van der Waals surface area contributed by atoms with Gasteiger partial charge in [0.1, 0.15) is 5.52 Å². The molecule has 100 valence electrons. The Balaban J connectivity index is 2.22. The van der Waals surface area contributed by atoms with Gasteiger partial charge in [0.15, 0.2) is 11.6 Å². The number of fused-ring (bicyclic) bond motifs is 1. The van der Waals surface area contributed by atoms with Gasteiger partial charge in [-0.1, -0.05) is 12.8 Å². The molecule has 0 saturated heterocycles. The van der Waals surface area contributed by atoms with Crippen molar-refractivity contribution in [2.24, 2.45) is 0 Å². The first-order chi connectivity index (χ1) is 9.20. The molecule has 3 rings (SSSR count). The van der Waals surface area contributed by atoms with Crippen molar-refractivity contribution in [1.82, 2.24) is 4.98 Å². The fourth-order valence-electron chi connectivity index (χ4n) is 2.89. The van der Waals surface area contributed by atoms with Gasteiger partial charge < -0.3 is 5.32 Å². The Morgan fingerprint density at radius 3 is 2.63 bits per heavy atom. The molecule has 2 nitrogen and oxygen atoms in total. The van der Waals surface area contributed by atoms with Gasteiger partial charge >= 0.3 is 0 Å². The molecule has 1 heterocycles. The first-order valence-corrected chi connectivity index (χ1v) is 6.67. The maximum atomic E-state index is 13.9. The summed E-state index contributed by atoms with van der Waals surface area (Å²) in [6.45, 7) is 0. The maximum Gasteiger partial charge on any atom is 0.185 e. The summed E-state index contributed by atoms with van der Waals surface area (Å²) >= 11 is 0. The Morgan fingerprint density at radius 2 is 1.95 bits per heavy atom. The highest BCUT2D eigenvalue weighted by atomic mass is 19.2. The van der Waals surface area contributed by atoms with Crippen molar-refractivity contribution in [1.29, 1.82) is 0 Å². The second-order valence-electron chi connectivity index (χ2n) is 5.08. The Kier molecular flexibility index (Phi) is 3.09. The lowest BCUT2D eigenvalue weighted by Crippen LogP contribution is -2.02. The molecule has 0 atom stereocenters. The Hall–Kier alpha value is -1.71. The third-order valence-electron chi connectivity index (χ3n) is 3.94. The average molecular weight is 262 g/mol. The van der Waals surface area contributed by atoms with Gasteiger partial charge in [-0.05, 0) is 31.0 Å². The van der Waals surface area contributed by atoms with Crippen molar-refractivity contribution in [3.8, 4) is 0 Å². The van der Waals surface area contributed by atoms with Crippen LogP contribution in [-0.2, 0) is 0 Å². The first kappa shape index (κ1) is 12.3. The highest BCUT2D eigenvalue weighted by Crippen LogP contribution is 2.36. The van der Waals surface area contributed by atoms with Crippen molar-refractivity contribution >= 4 is 16.6 Å². The van der Waals surface area contributed by atoms with Crippen LogP contribution in [0.2, 0.25) is 0 Å². The smallest absolute Gasteiger partial charge is 0.185 e. The second-order valence-corrected chi connectivity index (χ2v) is 5.08. The number of rotatable bonds is 2. The van der Waals surface area contributed by atoms with Crippen molar-refractivity contribution in [3.05, 3.63) is 35.5 Å². The topological polar surface area (TPSA) is 24.9 Å². The lowest BCUT2D eigenvalue weighted by atomic mass is 10.0. The minimum Gasteiger partial charge on any atom is -0.388 e. The molecule has 1 aliphatic rings. The lowest BCUT2D eigenvalue weighted by molar-refractivity contribution is 0.515. The Morgan fingerprint density at radius 1 is 1.21 bits per heavy atom. The van der Waals surface area contributed by atoms with Crippen LogP contribution in [0.3, 0.4) is 0 Å². The molecule has 1 fully saturated rings. The van der Waals surface area contributed by atoms with Crippen LogP contribution in [0.4, 0.5) is 14.5 Å². The fourth-order valence-corrected chi connectivity index (χ4v) is 2.89. The van der Waals surface area contributed by atoms with E-state index in [4.69, 9.17) is 0 Å².